The molecular weight excluding hydrogens is 350 g/mol. The van der Waals surface area contributed by atoms with Crippen molar-refractivity contribution in [2.75, 3.05) is 12.9 Å². The van der Waals surface area contributed by atoms with Gasteiger partial charge in [0.1, 0.15) is 11.8 Å². The number of carbonyl (C=O) groups excluding carboxylic acids is 2. The number of urea groups is 1. The molecule has 0 saturated carbocycles. The van der Waals surface area contributed by atoms with Gasteiger partial charge in [-0.25, -0.2) is 18.7 Å². The normalized spacial score (nSPS) is 12.8. The summed E-state index contributed by atoms with van der Waals surface area (Å²) in [7, 11) is -2.45. The molecule has 10 heteroatoms. The van der Waals surface area contributed by atoms with E-state index in [0.29, 0.717) is 5.75 Å². The van der Waals surface area contributed by atoms with Gasteiger partial charge in [-0.15, -0.1) is 0 Å². The molecule has 1 aromatic rings. The Labute approximate surface area is 146 Å². The van der Waals surface area contributed by atoms with Crippen molar-refractivity contribution >= 4 is 21.8 Å². The Morgan fingerprint density at radius 2 is 1.76 bits per heavy atom. The monoisotopic (exact) mass is 373 g/mol. The van der Waals surface area contributed by atoms with Crippen LogP contribution in [0.1, 0.15) is 20.8 Å². The van der Waals surface area contributed by atoms with Gasteiger partial charge in [-0.3, -0.25) is 10.0 Å². The summed E-state index contributed by atoms with van der Waals surface area (Å²) in [5, 5.41) is 13.6. The van der Waals surface area contributed by atoms with Crippen LogP contribution in [0.2, 0.25) is 0 Å². The summed E-state index contributed by atoms with van der Waals surface area (Å²) in [6.07, 6.45) is 0. The van der Waals surface area contributed by atoms with E-state index in [1.165, 1.54) is 36.9 Å². The molecule has 0 spiro atoms. The summed E-state index contributed by atoms with van der Waals surface area (Å²) in [4.78, 5) is 23.6. The third-order valence-electron chi connectivity index (χ3n) is 3.03. The quantitative estimate of drug-likeness (QED) is 0.422. The third-order valence-corrected chi connectivity index (χ3v) is 4.79. The Morgan fingerprint density at radius 3 is 2.20 bits per heavy atom. The summed E-state index contributed by atoms with van der Waals surface area (Å²) in [6, 6.07) is 3.39. The highest BCUT2D eigenvalue weighted by Gasteiger charge is 2.29. The number of carbonyl (C=O) groups is 2. The summed E-state index contributed by atoms with van der Waals surface area (Å²) in [5.41, 5.74) is 0.776. The number of methoxy groups -OCH3 is 1. The zero-order valence-corrected chi connectivity index (χ0v) is 15.3. The van der Waals surface area contributed by atoms with Crippen LogP contribution in [0.4, 0.5) is 4.79 Å². The van der Waals surface area contributed by atoms with Crippen LogP contribution in [0.25, 0.3) is 0 Å². The first-order chi connectivity index (χ1) is 11.5. The lowest BCUT2D eigenvalue weighted by atomic mass is 10.1. The summed E-state index contributed by atoms with van der Waals surface area (Å²) in [6.45, 7) is 5.17. The molecule has 0 heterocycles. The number of amides is 3. The summed E-state index contributed by atoms with van der Waals surface area (Å²) < 4.78 is 29.9. The van der Waals surface area contributed by atoms with Crippen molar-refractivity contribution in [3.63, 3.8) is 0 Å². The maximum atomic E-state index is 12.5. The summed E-state index contributed by atoms with van der Waals surface area (Å²) in [5.74, 6) is -1.28. The smallest absolute Gasteiger partial charge is 0.315 e. The lowest BCUT2D eigenvalue weighted by Crippen LogP contribution is -2.55. The largest absolute Gasteiger partial charge is 0.497 e. The molecule has 25 heavy (non-hydrogen) atoms. The van der Waals surface area contributed by atoms with E-state index in [9.17, 15) is 18.0 Å². The molecule has 0 aliphatic heterocycles. The highest BCUT2D eigenvalue weighted by atomic mass is 32.2. The van der Waals surface area contributed by atoms with Crippen molar-refractivity contribution in [2.24, 2.45) is 0 Å². The second-order valence-electron chi connectivity index (χ2n) is 6.33. The molecule has 1 unspecified atom stereocenters. The van der Waals surface area contributed by atoms with Gasteiger partial charge in [0.2, 0.25) is 0 Å². The molecule has 0 saturated heterocycles. The molecule has 9 nitrogen and oxygen atoms in total. The number of nitrogens with one attached hydrogen (secondary N) is 3. The average Bonchev–Trinajstić information content (AvgIpc) is 2.51. The molecule has 1 atom stereocenters. The lowest BCUT2D eigenvalue weighted by Gasteiger charge is -2.23. The molecule has 0 bridgehead atoms. The van der Waals surface area contributed by atoms with Crippen LogP contribution < -0.4 is 20.9 Å². The van der Waals surface area contributed by atoms with E-state index in [2.05, 4.69) is 10.6 Å². The van der Waals surface area contributed by atoms with E-state index < -0.39 is 39.1 Å². The maximum Gasteiger partial charge on any atom is 0.315 e. The minimum absolute atomic E-state index is 0.0398. The first-order valence-electron chi connectivity index (χ1n) is 7.38. The Balaban J connectivity index is 2.96. The van der Waals surface area contributed by atoms with E-state index in [-0.39, 0.29) is 4.90 Å². The predicted octanol–water partition coefficient (Wildman–Crippen LogP) is 0.441. The van der Waals surface area contributed by atoms with Crippen LogP contribution in [0.15, 0.2) is 29.2 Å². The first kappa shape index (κ1) is 20.7. The van der Waals surface area contributed by atoms with Gasteiger partial charge < -0.3 is 15.4 Å². The van der Waals surface area contributed by atoms with E-state index in [1.807, 2.05) is 0 Å². The number of sulfone groups is 1. The number of benzene rings is 1. The summed E-state index contributed by atoms with van der Waals surface area (Å²) >= 11 is 0. The molecule has 0 aliphatic carbocycles. The van der Waals surface area contributed by atoms with Crippen LogP contribution in [-0.4, -0.2) is 50.0 Å². The second-order valence-corrected chi connectivity index (χ2v) is 8.37. The Kier molecular flexibility index (Phi) is 6.77. The SMILES string of the molecule is COc1ccc(S(=O)(=O)CC(NC(=O)NC(C)(C)C)C(=O)NO)cc1. The highest BCUT2D eigenvalue weighted by Crippen LogP contribution is 2.17. The molecule has 3 amide bonds. The first-order valence-corrected chi connectivity index (χ1v) is 9.03. The molecule has 0 aromatic heterocycles. The average molecular weight is 373 g/mol. The second kappa shape index (κ2) is 8.17. The molecule has 0 radical (unpaired) electrons. The topological polar surface area (TPSA) is 134 Å². The standard InChI is InChI=1S/C15H23N3O6S/c1-15(2,3)17-14(20)16-12(13(19)18-21)9-25(22,23)11-7-5-10(24-4)6-8-11/h5-8,12,21H,9H2,1-4H3,(H,18,19)(H2,16,17,20). The van der Waals surface area contributed by atoms with E-state index in [4.69, 9.17) is 9.94 Å². The van der Waals surface area contributed by atoms with E-state index >= 15 is 0 Å². The zero-order valence-electron chi connectivity index (χ0n) is 14.5. The number of hydroxylamine groups is 1. The minimum atomic E-state index is -3.90. The molecule has 0 fully saturated rings. The Morgan fingerprint density at radius 1 is 1.20 bits per heavy atom. The highest BCUT2D eigenvalue weighted by molar-refractivity contribution is 7.91. The number of hydrogen-bond donors (Lipinski definition) is 4. The Hall–Kier alpha value is -2.33. The molecular formula is C15H23N3O6S. The van der Waals surface area contributed by atoms with Gasteiger partial charge >= 0.3 is 6.03 Å². The van der Waals surface area contributed by atoms with Crippen molar-refractivity contribution in [3.05, 3.63) is 24.3 Å². The van der Waals surface area contributed by atoms with Gasteiger partial charge in [0.25, 0.3) is 5.91 Å². The van der Waals surface area contributed by atoms with Crippen LogP contribution >= 0.6 is 0 Å². The van der Waals surface area contributed by atoms with Gasteiger partial charge in [0.15, 0.2) is 9.84 Å². The zero-order chi connectivity index (χ0) is 19.3. The fourth-order valence-electron chi connectivity index (χ4n) is 1.89. The van der Waals surface area contributed by atoms with Crippen molar-refractivity contribution < 1.29 is 28.0 Å². The number of hydrogen-bond acceptors (Lipinski definition) is 6. The number of rotatable bonds is 6. The van der Waals surface area contributed by atoms with Gasteiger partial charge in [-0.1, -0.05) is 0 Å². The van der Waals surface area contributed by atoms with E-state index in [1.54, 1.807) is 20.8 Å². The van der Waals surface area contributed by atoms with Gasteiger partial charge in [0.05, 0.1) is 17.8 Å². The number of ether oxygens (including phenoxy) is 1. The van der Waals surface area contributed by atoms with E-state index in [0.717, 1.165) is 0 Å². The van der Waals surface area contributed by atoms with Crippen molar-refractivity contribution in [1.82, 2.24) is 16.1 Å². The molecule has 0 aliphatic rings. The lowest BCUT2D eigenvalue weighted by molar-refractivity contribution is -0.130. The van der Waals surface area contributed by atoms with Gasteiger partial charge in [-0.2, -0.15) is 0 Å². The molecule has 1 rings (SSSR count). The van der Waals surface area contributed by atoms with Crippen LogP contribution in [0, 0.1) is 0 Å². The molecule has 1 aromatic carbocycles. The van der Waals surface area contributed by atoms with Gasteiger partial charge in [0, 0.05) is 5.54 Å². The van der Waals surface area contributed by atoms with Crippen LogP contribution in [0.5, 0.6) is 5.75 Å². The van der Waals surface area contributed by atoms with Crippen LogP contribution in [0.3, 0.4) is 0 Å². The maximum absolute atomic E-state index is 12.5. The van der Waals surface area contributed by atoms with Crippen molar-refractivity contribution in [1.29, 1.82) is 0 Å². The third kappa shape index (κ3) is 6.59. The fourth-order valence-corrected chi connectivity index (χ4v) is 3.31. The van der Waals surface area contributed by atoms with Crippen LogP contribution in [-0.2, 0) is 14.6 Å². The fraction of sp³-hybridized carbons (Fsp3) is 0.467. The Bertz CT molecular complexity index is 710. The van der Waals surface area contributed by atoms with Gasteiger partial charge in [-0.05, 0) is 45.0 Å². The minimum Gasteiger partial charge on any atom is -0.497 e. The van der Waals surface area contributed by atoms with Crippen molar-refractivity contribution in [2.45, 2.75) is 37.2 Å². The molecule has 4 N–H and O–H groups in total. The molecule has 140 valence electrons. The predicted molar refractivity (Wildman–Crippen MR) is 90.2 cm³/mol. The van der Waals surface area contributed by atoms with Crippen molar-refractivity contribution in [3.8, 4) is 5.75 Å².